The first-order valence-electron chi connectivity index (χ1n) is 6.42. The summed E-state index contributed by atoms with van der Waals surface area (Å²) < 4.78 is 11.1. The van der Waals surface area contributed by atoms with Crippen LogP contribution < -0.4 is 14.8 Å². The molecule has 1 N–H and O–H groups in total. The topological polar surface area (TPSA) is 30.5 Å². The molecule has 19 heavy (non-hydrogen) atoms. The van der Waals surface area contributed by atoms with Crippen molar-refractivity contribution < 1.29 is 9.47 Å². The normalized spacial score (nSPS) is 10.0. The minimum atomic E-state index is 0.561. The highest BCUT2D eigenvalue weighted by Gasteiger charge is 2.05. The van der Waals surface area contributed by atoms with Crippen LogP contribution in [-0.4, -0.2) is 13.7 Å². The maximum atomic E-state index is 5.86. The average molecular weight is 257 g/mol. The van der Waals surface area contributed by atoms with E-state index in [-0.39, 0.29) is 0 Å². The van der Waals surface area contributed by atoms with Crippen molar-refractivity contribution in [2.45, 2.75) is 13.5 Å². The Morgan fingerprint density at radius 1 is 1.05 bits per heavy atom. The van der Waals surface area contributed by atoms with Gasteiger partial charge in [0.15, 0.2) is 0 Å². The largest absolute Gasteiger partial charge is 0.497 e. The molecule has 3 nitrogen and oxygen atoms in total. The minimum absolute atomic E-state index is 0.561. The fourth-order valence-electron chi connectivity index (χ4n) is 1.83. The summed E-state index contributed by atoms with van der Waals surface area (Å²) in [6.07, 6.45) is 0. The summed E-state index contributed by atoms with van der Waals surface area (Å²) in [7, 11) is 1.66. The molecular formula is C16H19NO2. The average Bonchev–Trinajstić information content (AvgIpc) is 2.47. The first kappa shape index (κ1) is 13.3. The Morgan fingerprint density at radius 3 is 2.53 bits per heavy atom. The van der Waals surface area contributed by atoms with Gasteiger partial charge < -0.3 is 14.8 Å². The zero-order chi connectivity index (χ0) is 13.5. The van der Waals surface area contributed by atoms with E-state index in [0.717, 1.165) is 29.3 Å². The molecule has 0 amide bonds. The second-order valence-electron chi connectivity index (χ2n) is 4.17. The van der Waals surface area contributed by atoms with Crippen molar-refractivity contribution in [3.63, 3.8) is 0 Å². The van der Waals surface area contributed by atoms with Gasteiger partial charge in [0.25, 0.3) is 0 Å². The van der Waals surface area contributed by atoms with Crippen LogP contribution in [0.1, 0.15) is 12.5 Å². The van der Waals surface area contributed by atoms with Crippen molar-refractivity contribution in [2.75, 3.05) is 19.0 Å². The van der Waals surface area contributed by atoms with Crippen molar-refractivity contribution in [1.82, 2.24) is 0 Å². The van der Waals surface area contributed by atoms with Gasteiger partial charge in [-0.05, 0) is 24.6 Å². The molecule has 0 aromatic heterocycles. The van der Waals surface area contributed by atoms with Crippen LogP contribution in [0, 0.1) is 0 Å². The predicted octanol–water partition coefficient (Wildman–Crippen LogP) is 3.71. The Kier molecular flexibility index (Phi) is 4.67. The molecule has 0 bridgehead atoms. The van der Waals surface area contributed by atoms with Crippen LogP contribution in [0.2, 0.25) is 0 Å². The van der Waals surface area contributed by atoms with Crippen molar-refractivity contribution in [1.29, 1.82) is 0 Å². The van der Waals surface area contributed by atoms with Gasteiger partial charge in [-0.1, -0.05) is 30.3 Å². The number of hydrogen-bond acceptors (Lipinski definition) is 3. The third-order valence-corrected chi connectivity index (χ3v) is 2.79. The van der Waals surface area contributed by atoms with Gasteiger partial charge in [-0.2, -0.15) is 0 Å². The lowest BCUT2D eigenvalue weighted by Crippen LogP contribution is -2.02. The second-order valence-corrected chi connectivity index (χ2v) is 4.17. The standard InChI is InChI=1S/C16H19NO2/c1-3-17-15-11-14(18-2)9-10-16(15)19-12-13-7-5-4-6-8-13/h4-11,17H,3,12H2,1-2H3. The van der Waals surface area contributed by atoms with Crippen molar-refractivity contribution >= 4 is 5.69 Å². The number of benzene rings is 2. The maximum absolute atomic E-state index is 5.86. The lowest BCUT2D eigenvalue weighted by atomic mass is 10.2. The van der Waals surface area contributed by atoms with Gasteiger partial charge in [0.1, 0.15) is 18.1 Å². The molecule has 2 rings (SSSR count). The number of rotatable bonds is 6. The summed E-state index contributed by atoms with van der Waals surface area (Å²) >= 11 is 0. The van der Waals surface area contributed by atoms with Gasteiger partial charge in [0.2, 0.25) is 0 Å². The zero-order valence-corrected chi connectivity index (χ0v) is 11.3. The molecule has 0 aliphatic carbocycles. The minimum Gasteiger partial charge on any atom is -0.497 e. The summed E-state index contributed by atoms with van der Waals surface area (Å²) in [5.41, 5.74) is 2.11. The molecule has 2 aromatic rings. The summed E-state index contributed by atoms with van der Waals surface area (Å²) in [6, 6.07) is 15.9. The number of anilines is 1. The molecule has 0 spiro atoms. The third kappa shape index (κ3) is 3.65. The highest BCUT2D eigenvalue weighted by molar-refractivity contribution is 5.59. The lowest BCUT2D eigenvalue weighted by Gasteiger charge is -2.13. The number of methoxy groups -OCH3 is 1. The molecule has 0 aliphatic heterocycles. The Hall–Kier alpha value is -2.16. The Labute approximate surface area is 114 Å². The molecule has 0 saturated heterocycles. The molecule has 0 heterocycles. The molecule has 0 atom stereocenters. The first-order chi connectivity index (χ1) is 9.33. The van der Waals surface area contributed by atoms with Crippen LogP contribution in [0.3, 0.4) is 0 Å². The Bertz CT molecular complexity index is 511. The van der Waals surface area contributed by atoms with Crippen molar-refractivity contribution in [2.24, 2.45) is 0 Å². The van der Waals surface area contributed by atoms with E-state index in [4.69, 9.17) is 9.47 Å². The molecular weight excluding hydrogens is 238 g/mol. The van der Waals surface area contributed by atoms with E-state index in [2.05, 4.69) is 24.4 Å². The molecule has 2 aromatic carbocycles. The predicted molar refractivity (Wildman–Crippen MR) is 77.9 cm³/mol. The molecule has 0 aliphatic rings. The first-order valence-corrected chi connectivity index (χ1v) is 6.42. The molecule has 3 heteroatoms. The highest BCUT2D eigenvalue weighted by atomic mass is 16.5. The monoisotopic (exact) mass is 257 g/mol. The van der Waals surface area contributed by atoms with E-state index in [1.807, 2.05) is 36.4 Å². The quantitative estimate of drug-likeness (QED) is 0.855. The fraction of sp³-hybridized carbons (Fsp3) is 0.250. The van der Waals surface area contributed by atoms with Crippen LogP contribution in [0.5, 0.6) is 11.5 Å². The van der Waals surface area contributed by atoms with Gasteiger partial charge in [0, 0.05) is 12.6 Å². The summed E-state index contributed by atoms with van der Waals surface area (Å²) in [4.78, 5) is 0. The molecule has 100 valence electrons. The SMILES string of the molecule is CCNc1cc(OC)ccc1OCc1ccccc1. The second kappa shape index (κ2) is 6.69. The van der Waals surface area contributed by atoms with Gasteiger partial charge in [0.05, 0.1) is 12.8 Å². The van der Waals surface area contributed by atoms with E-state index in [0.29, 0.717) is 6.61 Å². The molecule has 0 fully saturated rings. The summed E-state index contributed by atoms with van der Waals surface area (Å²) in [6.45, 7) is 3.46. The van der Waals surface area contributed by atoms with Gasteiger partial charge in [-0.25, -0.2) is 0 Å². The van der Waals surface area contributed by atoms with Gasteiger partial charge in [-0.15, -0.1) is 0 Å². The number of nitrogens with one attached hydrogen (secondary N) is 1. The third-order valence-electron chi connectivity index (χ3n) is 2.79. The molecule has 0 saturated carbocycles. The maximum Gasteiger partial charge on any atom is 0.143 e. The number of ether oxygens (including phenoxy) is 2. The lowest BCUT2D eigenvalue weighted by molar-refractivity contribution is 0.307. The Balaban J connectivity index is 2.10. The van der Waals surface area contributed by atoms with E-state index >= 15 is 0 Å². The van der Waals surface area contributed by atoms with E-state index in [1.165, 1.54) is 0 Å². The van der Waals surface area contributed by atoms with E-state index in [9.17, 15) is 0 Å². The van der Waals surface area contributed by atoms with Crippen LogP contribution in [0.4, 0.5) is 5.69 Å². The van der Waals surface area contributed by atoms with Gasteiger partial charge in [-0.3, -0.25) is 0 Å². The number of hydrogen-bond donors (Lipinski definition) is 1. The van der Waals surface area contributed by atoms with Crippen molar-refractivity contribution in [3.8, 4) is 11.5 Å². The Morgan fingerprint density at radius 2 is 1.84 bits per heavy atom. The van der Waals surface area contributed by atoms with Crippen LogP contribution in [0.15, 0.2) is 48.5 Å². The van der Waals surface area contributed by atoms with E-state index < -0.39 is 0 Å². The summed E-state index contributed by atoms with van der Waals surface area (Å²) in [5, 5.41) is 3.28. The zero-order valence-electron chi connectivity index (χ0n) is 11.3. The van der Waals surface area contributed by atoms with Crippen molar-refractivity contribution in [3.05, 3.63) is 54.1 Å². The molecule has 0 unspecified atom stereocenters. The fourth-order valence-corrected chi connectivity index (χ4v) is 1.83. The smallest absolute Gasteiger partial charge is 0.143 e. The highest BCUT2D eigenvalue weighted by Crippen LogP contribution is 2.29. The molecule has 0 radical (unpaired) electrons. The van der Waals surface area contributed by atoms with Crippen LogP contribution in [-0.2, 0) is 6.61 Å². The van der Waals surface area contributed by atoms with Gasteiger partial charge >= 0.3 is 0 Å². The van der Waals surface area contributed by atoms with Crippen LogP contribution >= 0.6 is 0 Å². The van der Waals surface area contributed by atoms with E-state index in [1.54, 1.807) is 7.11 Å². The van der Waals surface area contributed by atoms with Crippen LogP contribution in [0.25, 0.3) is 0 Å². The summed E-state index contributed by atoms with van der Waals surface area (Å²) in [5.74, 6) is 1.66.